The first-order valence-electron chi connectivity index (χ1n) is 5.72. The van der Waals surface area contributed by atoms with Crippen molar-refractivity contribution in [3.8, 4) is 0 Å². The summed E-state index contributed by atoms with van der Waals surface area (Å²) >= 11 is 1.85. The molecule has 0 saturated heterocycles. The number of nitrogens with one attached hydrogen (secondary N) is 1. The van der Waals surface area contributed by atoms with E-state index in [1.807, 2.05) is 30.8 Å². The van der Waals surface area contributed by atoms with Crippen LogP contribution in [-0.2, 0) is 5.75 Å². The molecule has 0 saturated carbocycles. The molecule has 0 bridgehead atoms. The van der Waals surface area contributed by atoms with Gasteiger partial charge in [0.05, 0.1) is 0 Å². The van der Waals surface area contributed by atoms with Gasteiger partial charge in [-0.05, 0) is 30.4 Å². The van der Waals surface area contributed by atoms with Gasteiger partial charge in [0, 0.05) is 25.5 Å². The number of urea groups is 1. The molecule has 1 aromatic heterocycles. The maximum Gasteiger partial charge on any atom is 0.322 e. The molecule has 0 aliphatic heterocycles. The fourth-order valence-corrected chi connectivity index (χ4v) is 1.82. The van der Waals surface area contributed by atoms with Crippen LogP contribution in [0.2, 0.25) is 0 Å². The number of hydrogen-bond donors (Lipinski definition) is 1. The molecule has 0 aromatic carbocycles. The van der Waals surface area contributed by atoms with Crippen LogP contribution in [0.15, 0.2) is 18.3 Å². The smallest absolute Gasteiger partial charge is 0.322 e. The van der Waals surface area contributed by atoms with Crippen molar-refractivity contribution >= 4 is 23.6 Å². The third-order valence-electron chi connectivity index (χ3n) is 2.35. The summed E-state index contributed by atoms with van der Waals surface area (Å²) in [7, 11) is 1.76. The van der Waals surface area contributed by atoms with Gasteiger partial charge in [-0.3, -0.25) is 5.32 Å². The molecule has 1 heterocycles. The summed E-state index contributed by atoms with van der Waals surface area (Å²) in [4.78, 5) is 17.4. The third kappa shape index (κ3) is 4.65. The molecular formula is C12H19N3OS. The summed E-state index contributed by atoms with van der Waals surface area (Å²) in [5, 5.41) is 2.78. The minimum Gasteiger partial charge on any atom is -0.328 e. The first kappa shape index (κ1) is 13.8. The van der Waals surface area contributed by atoms with E-state index in [0.29, 0.717) is 12.4 Å². The molecule has 5 heteroatoms. The minimum absolute atomic E-state index is 0.125. The molecule has 0 spiro atoms. The van der Waals surface area contributed by atoms with Gasteiger partial charge in [0.15, 0.2) is 0 Å². The zero-order chi connectivity index (χ0) is 12.7. The van der Waals surface area contributed by atoms with E-state index in [9.17, 15) is 4.79 Å². The monoisotopic (exact) mass is 253 g/mol. The molecule has 0 fully saturated rings. The van der Waals surface area contributed by atoms with Gasteiger partial charge in [0.25, 0.3) is 0 Å². The van der Waals surface area contributed by atoms with Crippen molar-refractivity contribution in [3.05, 3.63) is 23.9 Å². The predicted octanol–water partition coefficient (Wildman–Crippen LogP) is 2.82. The Morgan fingerprint density at radius 1 is 1.53 bits per heavy atom. The number of thioether (sulfide) groups is 1. The summed E-state index contributed by atoms with van der Waals surface area (Å²) in [6.07, 6.45) is 1.73. The third-order valence-corrected chi connectivity index (χ3v) is 3.30. The number of carbonyl (C=O) groups excluding carboxylic acids is 1. The van der Waals surface area contributed by atoms with E-state index < -0.39 is 0 Å². The van der Waals surface area contributed by atoms with E-state index in [0.717, 1.165) is 11.5 Å². The van der Waals surface area contributed by atoms with Gasteiger partial charge in [-0.1, -0.05) is 6.92 Å². The molecule has 0 aliphatic rings. The summed E-state index contributed by atoms with van der Waals surface area (Å²) in [5.41, 5.74) is 1.18. The van der Waals surface area contributed by atoms with Gasteiger partial charge in [0.1, 0.15) is 5.82 Å². The van der Waals surface area contributed by atoms with Crippen LogP contribution in [0.4, 0.5) is 10.6 Å². The summed E-state index contributed by atoms with van der Waals surface area (Å²) < 4.78 is 0. The lowest BCUT2D eigenvalue weighted by molar-refractivity contribution is 0.224. The normalized spacial score (nSPS) is 10.1. The van der Waals surface area contributed by atoms with Crippen molar-refractivity contribution in [2.75, 3.05) is 24.7 Å². The molecule has 0 aliphatic carbocycles. The van der Waals surface area contributed by atoms with Crippen LogP contribution in [0.3, 0.4) is 0 Å². The standard InChI is InChI=1S/C12H19N3OS/c1-4-15(3)12(16)14-11-8-10(6-7-13-11)9-17-5-2/h6-8H,4-5,9H2,1-3H3,(H,13,14,16). The number of pyridine rings is 1. The van der Waals surface area contributed by atoms with E-state index in [-0.39, 0.29) is 6.03 Å². The number of nitrogens with zero attached hydrogens (tertiary/aromatic N) is 2. The highest BCUT2D eigenvalue weighted by Crippen LogP contribution is 2.14. The Morgan fingerprint density at radius 3 is 2.94 bits per heavy atom. The SMILES string of the molecule is CCSCc1ccnc(NC(=O)N(C)CC)c1. The summed E-state index contributed by atoms with van der Waals surface area (Å²) in [6, 6.07) is 3.77. The molecule has 94 valence electrons. The molecule has 4 nitrogen and oxygen atoms in total. The maximum absolute atomic E-state index is 11.6. The lowest BCUT2D eigenvalue weighted by Crippen LogP contribution is -2.31. The number of anilines is 1. The summed E-state index contributed by atoms with van der Waals surface area (Å²) in [6.45, 7) is 4.74. The van der Waals surface area contributed by atoms with Crippen molar-refractivity contribution in [1.82, 2.24) is 9.88 Å². The average Bonchev–Trinajstić information content (AvgIpc) is 2.35. The van der Waals surface area contributed by atoms with Crippen LogP contribution in [0, 0.1) is 0 Å². The van der Waals surface area contributed by atoms with Crippen molar-refractivity contribution in [1.29, 1.82) is 0 Å². The number of hydrogen-bond acceptors (Lipinski definition) is 3. The Hall–Kier alpha value is -1.23. The molecule has 17 heavy (non-hydrogen) atoms. The molecule has 0 unspecified atom stereocenters. The second-order valence-corrected chi connectivity index (χ2v) is 4.91. The molecular weight excluding hydrogens is 234 g/mol. The summed E-state index contributed by atoms with van der Waals surface area (Å²) in [5.74, 6) is 2.65. The van der Waals surface area contributed by atoms with Crippen LogP contribution < -0.4 is 5.32 Å². The minimum atomic E-state index is -0.125. The van der Waals surface area contributed by atoms with E-state index in [1.165, 1.54) is 5.56 Å². The molecule has 0 radical (unpaired) electrons. The topological polar surface area (TPSA) is 45.2 Å². The molecule has 1 N–H and O–H groups in total. The van der Waals surface area contributed by atoms with Gasteiger partial charge in [0.2, 0.25) is 0 Å². The first-order valence-corrected chi connectivity index (χ1v) is 6.87. The predicted molar refractivity (Wildman–Crippen MR) is 73.4 cm³/mol. The zero-order valence-electron chi connectivity index (χ0n) is 10.6. The van der Waals surface area contributed by atoms with Crippen molar-refractivity contribution in [2.45, 2.75) is 19.6 Å². The quantitative estimate of drug-likeness (QED) is 0.877. The van der Waals surface area contributed by atoms with Gasteiger partial charge in [-0.15, -0.1) is 0 Å². The van der Waals surface area contributed by atoms with Gasteiger partial charge >= 0.3 is 6.03 Å². The number of aromatic nitrogens is 1. The highest BCUT2D eigenvalue weighted by molar-refractivity contribution is 7.98. The lowest BCUT2D eigenvalue weighted by atomic mass is 10.3. The first-order chi connectivity index (χ1) is 8.17. The Bertz CT molecular complexity index is 371. The zero-order valence-corrected chi connectivity index (χ0v) is 11.4. The van der Waals surface area contributed by atoms with Crippen LogP contribution in [0.5, 0.6) is 0 Å². The Morgan fingerprint density at radius 2 is 2.29 bits per heavy atom. The van der Waals surface area contributed by atoms with Crippen molar-refractivity contribution in [2.24, 2.45) is 0 Å². The van der Waals surface area contributed by atoms with Crippen LogP contribution in [-0.4, -0.2) is 35.3 Å². The van der Waals surface area contributed by atoms with Gasteiger partial charge in [-0.2, -0.15) is 11.8 Å². The van der Waals surface area contributed by atoms with Crippen molar-refractivity contribution in [3.63, 3.8) is 0 Å². The maximum atomic E-state index is 11.6. The molecule has 2 amide bonds. The van der Waals surface area contributed by atoms with Gasteiger partial charge in [-0.25, -0.2) is 9.78 Å². The second kappa shape index (κ2) is 7.17. The van der Waals surface area contributed by atoms with Crippen LogP contribution in [0.1, 0.15) is 19.4 Å². The van der Waals surface area contributed by atoms with Crippen LogP contribution >= 0.6 is 11.8 Å². The van der Waals surface area contributed by atoms with E-state index in [2.05, 4.69) is 17.2 Å². The lowest BCUT2D eigenvalue weighted by Gasteiger charge is -2.15. The average molecular weight is 253 g/mol. The highest BCUT2D eigenvalue weighted by Gasteiger charge is 2.07. The van der Waals surface area contributed by atoms with E-state index >= 15 is 0 Å². The second-order valence-electron chi connectivity index (χ2n) is 3.63. The van der Waals surface area contributed by atoms with Crippen LogP contribution in [0.25, 0.3) is 0 Å². The Balaban J connectivity index is 2.62. The molecule has 0 atom stereocenters. The Labute approximate surface area is 107 Å². The molecule has 1 aromatic rings. The highest BCUT2D eigenvalue weighted by atomic mass is 32.2. The largest absolute Gasteiger partial charge is 0.328 e. The fourth-order valence-electron chi connectivity index (χ4n) is 1.20. The van der Waals surface area contributed by atoms with E-state index in [1.54, 1.807) is 18.1 Å². The number of carbonyl (C=O) groups is 1. The number of rotatable bonds is 5. The van der Waals surface area contributed by atoms with E-state index in [4.69, 9.17) is 0 Å². The van der Waals surface area contributed by atoms with Gasteiger partial charge < -0.3 is 4.90 Å². The Kier molecular flexibility index (Phi) is 5.83. The fraction of sp³-hybridized carbons (Fsp3) is 0.500. The number of amides is 2. The van der Waals surface area contributed by atoms with Crippen molar-refractivity contribution < 1.29 is 4.79 Å². The molecule has 1 rings (SSSR count).